The maximum absolute atomic E-state index is 10.1. The van der Waals surface area contributed by atoms with Crippen molar-refractivity contribution in [1.29, 1.82) is 0 Å². The first-order valence-electron chi connectivity index (χ1n) is 7.23. The molecule has 18 heavy (non-hydrogen) atoms. The summed E-state index contributed by atoms with van der Waals surface area (Å²) in [5.41, 5.74) is 2.70. The summed E-state index contributed by atoms with van der Waals surface area (Å²) < 4.78 is 0. The monoisotopic (exact) mass is 245 g/mol. The number of benzene rings is 1. The number of rotatable bonds is 3. The molecule has 1 fully saturated rings. The van der Waals surface area contributed by atoms with E-state index in [0.29, 0.717) is 5.92 Å². The summed E-state index contributed by atoms with van der Waals surface area (Å²) in [6, 6.07) is 8.89. The van der Waals surface area contributed by atoms with Crippen LogP contribution in [0.4, 0.5) is 0 Å². The van der Waals surface area contributed by atoms with Crippen molar-refractivity contribution < 1.29 is 5.11 Å². The molecule has 0 saturated carbocycles. The van der Waals surface area contributed by atoms with Crippen LogP contribution in [-0.4, -0.2) is 35.2 Å². The smallest absolute Gasteiger partial charge is 0.0897 e. The Morgan fingerprint density at radius 3 is 2.89 bits per heavy atom. The van der Waals surface area contributed by atoms with Crippen molar-refractivity contribution in [3.63, 3.8) is 0 Å². The molecule has 1 heterocycles. The van der Waals surface area contributed by atoms with Crippen LogP contribution < -0.4 is 0 Å². The van der Waals surface area contributed by atoms with E-state index < -0.39 is 5.60 Å². The maximum Gasteiger partial charge on any atom is 0.0897 e. The highest BCUT2D eigenvalue weighted by Crippen LogP contribution is 2.34. The summed E-state index contributed by atoms with van der Waals surface area (Å²) in [6.45, 7) is 4.93. The number of hydrogen-bond donors (Lipinski definition) is 1. The highest BCUT2D eigenvalue weighted by atomic mass is 16.3. The average molecular weight is 245 g/mol. The second-order valence-electron chi connectivity index (χ2n) is 6.04. The summed E-state index contributed by atoms with van der Waals surface area (Å²) in [4.78, 5) is 2.41. The third-order valence-corrected chi connectivity index (χ3v) is 4.67. The van der Waals surface area contributed by atoms with E-state index in [-0.39, 0.29) is 0 Å². The van der Waals surface area contributed by atoms with E-state index in [4.69, 9.17) is 0 Å². The normalized spacial score (nSPS) is 26.4. The Labute approximate surface area is 110 Å². The molecule has 1 saturated heterocycles. The third-order valence-electron chi connectivity index (χ3n) is 4.67. The number of aliphatic hydroxyl groups is 1. The largest absolute Gasteiger partial charge is 0.387 e. The number of aryl methyl sites for hydroxylation is 1. The standard InChI is InChI=1S/C16H23NO/c1-2-16(18)11-17(12-16)10-14-8-5-7-13-6-3-4-9-15(13)14/h3-4,6,9,14,18H,2,5,7-8,10-12H2,1H3. The number of likely N-dealkylation sites (tertiary alicyclic amines) is 1. The molecule has 98 valence electrons. The Hall–Kier alpha value is -0.860. The number of nitrogens with zero attached hydrogens (tertiary/aromatic N) is 1. The van der Waals surface area contributed by atoms with Crippen molar-refractivity contribution in [2.75, 3.05) is 19.6 Å². The fourth-order valence-corrected chi connectivity index (χ4v) is 3.49. The Morgan fingerprint density at radius 1 is 1.33 bits per heavy atom. The van der Waals surface area contributed by atoms with Crippen LogP contribution in [-0.2, 0) is 6.42 Å². The van der Waals surface area contributed by atoms with Gasteiger partial charge in [0.15, 0.2) is 0 Å². The lowest BCUT2D eigenvalue weighted by Gasteiger charge is -2.48. The first kappa shape index (κ1) is 12.2. The van der Waals surface area contributed by atoms with Gasteiger partial charge in [0.05, 0.1) is 5.60 Å². The van der Waals surface area contributed by atoms with Gasteiger partial charge in [0, 0.05) is 19.6 Å². The molecule has 0 amide bonds. The van der Waals surface area contributed by atoms with E-state index in [1.807, 2.05) is 0 Å². The topological polar surface area (TPSA) is 23.5 Å². The van der Waals surface area contributed by atoms with Gasteiger partial charge in [0.2, 0.25) is 0 Å². The Kier molecular flexibility index (Phi) is 3.16. The highest BCUT2D eigenvalue weighted by molar-refractivity contribution is 5.33. The van der Waals surface area contributed by atoms with Crippen LogP contribution in [0.3, 0.4) is 0 Å². The van der Waals surface area contributed by atoms with Gasteiger partial charge >= 0.3 is 0 Å². The quantitative estimate of drug-likeness (QED) is 0.884. The lowest BCUT2D eigenvalue weighted by Crippen LogP contribution is -2.62. The number of β-amino-alcohol motifs (C(OH)–C–C–N with tert-alkyl or cyclic N) is 1. The van der Waals surface area contributed by atoms with Crippen molar-refractivity contribution >= 4 is 0 Å². The van der Waals surface area contributed by atoms with Crippen LogP contribution in [0.1, 0.15) is 43.2 Å². The second-order valence-corrected chi connectivity index (χ2v) is 6.04. The number of hydrogen-bond acceptors (Lipinski definition) is 2. The summed E-state index contributed by atoms with van der Waals surface area (Å²) in [5, 5.41) is 10.1. The summed E-state index contributed by atoms with van der Waals surface area (Å²) >= 11 is 0. The second kappa shape index (κ2) is 4.67. The molecule has 2 nitrogen and oxygen atoms in total. The van der Waals surface area contributed by atoms with Crippen LogP contribution in [0.25, 0.3) is 0 Å². The Balaban J connectivity index is 1.65. The van der Waals surface area contributed by atoms with Gasteiger partial charge in [-0.2, -0.15) is 0 Å². The van der Waals surface area contributed by atoms with Crippen molar-refractivity contribution in [3.05, 3.63) is 35.4 Å². The van der Waals surface area contributed by atoms with Gasteiger partial charge in [-0.1, -0.05) is 31.2 Å². The van der Waals surface area contributed by atoms with Crippen molar-refractivity contribution in [3.8, 4) is 0 Å². The lowest BCUT2D eigenvalue weighted by atomic mass is 9.81. The molecule has 1 aromatic rings. The molecule has 1 aliphatic heterocycles. The predicted molar refractivity (Wildman–Crippen MR) is 73.8 cm³/mol. The molecule has 3 rings (SSSR count). The zero-order valence-corrected chi connectivity index (χ0v) is 11.2. The third kappa shape index (κ3) is 2.19. The molecule has 2 aliphatic rings. The molecule has 0 spiro atoms. The fraction of sp³-hybridized carbons (Fsp3) is 0.625. The Morgan fingerprint density at radius 2 is 2.11 bits per heavy atom. The summed E-state index contributed by atoms with van der Waals surface area (Å²) in [7, 11) is 0. The van der Waals surface area contributed by atoms with Gasteiger partial charge in [0.25, 0.3) is 0 Å². The predicted octanol–water partition coefficient (Wildman–Crippen LogP) is 2.56. The first-order chi connectivity index (χ1) is 8.70. The summed E-state index contributed by atoms with van der Waals surface area (Å²) in [5.74, 6) is 0.677. The SMILES string of the molecule is CCC1(O)CN(CC2CCCc3ccccc32)C1. The minimum atomic E-state index is -0.395. The first-order valence-corrected chi connectivity index (χ1v) is 7.23. The molecule has 1 aromatic carbocycles. The van der Waals surface area contributed by atoms with E-state index in [2.05, 4.69) is 36.1 Å². The lowest BCUT2D eigenvalue weighted by molar-refractivity contribution is -0.101. The van der Waals surface area contributed by atoms with E-state index >= 15 is 0 Å². The van der Waals surface area contributed by atoms with Crippen LogP contribution >= 0.6 is 0 Å². The van der Waals surface area contributed by atoms with E-state index in [1.165, 1.54) is 19.3 Å². The van der Waals surface area contributed by atoms with Gasteiger partial charge in [-0.15, -0.1) is 0 Å². The minimum Gasteiger partial charge on any atom is -0.387 e. The zero-order chi connectivity index (χ0) is 12.6. The van der Waals surface area contributed by atoms with Gasteiger partial charge in [-0.3, -0.25) is 4.90 Å². The van der Waals surface area contributed by atoms with Crippen LogP contribution in [0, 0.1) is 0 Å². The molecule has 1 N–H and O–H groups in total. The molecule has 1 atom stereocenters. The molecule has 0 bridgehead atoms. The van der Waals surface area contributed by atoms with Crippen molar-refractivity contribution in [2.45, 2.75) is 44.1 Å². The van der Waals surface area contributed by atoms with Crippen molar-refractivity contribution in [1.82, 2.24) is 4.90 Å². The number of fused-ring (bicyclic) bond motifs is 1. The summed E-state index contributed by atoms with van der Waals surface area (Å²) in [6.07, 6.45) is 4.74. The molecule has 0 aromatic heterocycles. The van der Waals surface area contributed by atoms with Crippen molar-refractivity contribution in [2.24, 2.45) is 0 Å². The molecule has 2 heteroatoms. The molecule has 1 aliphatic carbocycles. The highest BCUT2D eigenvalue weighted by Gasteiger charge is 2.40. The zero-order valence-electron chi connectivity index (χ0n) is 11.2. The van der Waals surface area contributed by atoms with Gasteiger partial charge in [0.1, 0.15) is 0 Å². The molecule has 0 radical (unpaired) electrons. The van der Waals surface area contributed by atoms with Gasteiger partial charge in [-0.05, 0) is 42.7 Å². The average Bonchev–Trinajstić information content (AvgIpc) is 2.37. The van der Waals surface area contributed by atoms with E-state index in [9.17, 15) is 5.11 Å². The van der Waals surface area contributed by atoms with Gasteiger partial charge < -0.3 is 5.11 Å². The minimum absolute atomic E-state index is 0.395. The van der Waals surface area contributed by atoms with Gasteiger partial charge in [-0.25, -0.2) is 0 Å². The molecular weight excluding hydrogens is 222 g/mol. The van der Waals surface area contributed by atoms with E-state index in [0.717, 1.165) is 26.1 Å². The maximum atomic E-state index is 10.1. The molecular formula is C16H23NO. The van der Waals surface area contributed by atoms with Crippen LogP contribution in [0.15, 0.2) is 24.3 Å². The fourth-order valence-electron chi connectivity index (χ4n) is 3.49. The van der Waals surface area contributed by atoms with E-state index in [1.54, 1.807) is 11.1 Å². The van der Waals surface area contributed by atoms with Crippen LogP contribution in [0.2, 0.25) is 0 Å². The van der Waals surface area contributed by atoms with Crippen LogP contribution in [0.5, 0.6) is 0 Å². The Bertz CT molecular complexity index is 423. The molecule has 1 unspecified atom stereocenters.